The predicted molar refractivity (Wildman–Crippen MR) is 65.1 cm³/mol. The summed E-state index contributed by atoms with van der Waals surface area (Å²) in [6.45, 7) is 0. The van der Waals surface area contributed by atoms with Gasteiger partial charge in [0.1, 0.15) is 11.6 Å². The Morgan fingerprint density at radius 2 is 1.72 bits per heavy atom. The van der Waals surface area contributed by atoms with E-state index < -0.39 is 17.2 Å². The van der Waals surface area contributed by atoms with E-state index in [-0.39, 0.29) is 17.8 Å². The molecule has 18 heavy (non-hydrogen) atoms. The van der Waals surface area contributed by atoms with Gasteiger partial charge in [-0.1, -0.05) is 25.3 Å². The molecule has 0 unspecified atom stereocenters. The van der Waals surface area contributed by atoms with Crippen LogP contribution in [0.1, 0.15) is 37.7 Å². The molecule has 1 fully saturated rings. The van der Waals surface area contributed by atoms with Gasteiger partial charge in [-0.3, -0.25) is 4.79 Å². The second-order valence-electron chi connectivity index (χ2n) is 5.02. The minimum absolute atomic E-state index is 0.169. The highest BCUT2D eigenvalue weighted by molar-refractivity contribution is 5.90. The summed E-state index contributed by atoms with van der Waals surface area (Å²) in [6, 6.07) is 3.61. The zero-order chi connectivity index (χ0) is 13.2. The van der Waals surface area contributed by atoms with Crippen LogP contribution in [-0.4, -0.2) is 11.3 Å². The lowest BCUT2D eigenvalue weighted by molar-refractivity contribution is -0.124. The summed E-state index contributed by atoms with van der Waals surface area (Å²) in [5, 5.41) is 0. The molecule has 0 amide bonds. The Morgan fingerprint density at radius 3 is 2.28 bits per heavy atom. The number of carbonyl (C=O) groups excluding carboxylic acids is 1. The number of ketones is 1. The normalized spacial score (nSPS) is 18.6. The molecule has 0 aliphatic heterocycles. The SMILES string of the molecule is NC1(C(=O)Cc2c(F)cccc2F)CCCCC1. The molecule has 0 heterocycles. The molecule has 1 aliphatic carbocycles. The summed E-state index contributed by atoms with van der Waals surface area (Å²) in [4.78, 5) is 12.1. The zero-order valence-corrected chi connectivity index (χ0v) is 10.2. The molecule has 98 valence electrons. The van der Waals surface area contributed by atoms with E-state index in [0.717, 1.165) is 31.4 Å². The van der Waals surface area contributed by atoms with Crippen LogP contribution in [0.3, 0.4) is 0 Å². The Labute approximate surface area is 105 Å². The first kappa shape index (κ1) is 13.1. The highest BCUT2D eigenvalue weighted by Gasteiger charge is 2.35. The number of halogens is 2. The third kappa shape index (κ3) is 2.58. The van der Waals surface area contributed by atoms with Crippen LogP contribution in [0, 0.1) is 11.6 Å². The number of carbonyl (C=O) groups is 1. The fourth-order valence-corrected chi connectivity index (χ4v) is 2.50. The Hall–Kier alpha value is -1.29. The van der Waals surface area contributed by atoms with Crippen molar-refractivity contribution in [1.29, 1.82) is 0 Å². The molecule has 2 N–H and O–H groups in total. The van der Waals surface area contributed by atoms with Crippen molar-refractivity contribution >= 4 is 5.78 Å². The summed E-state index contributed by atoms with van der Waals surface area (Å²) in [5.74, 6) is -1.61. The van der Waals surface area contributed by atoms with E-state index in [9.17, 15) is 13.6 Å². The minimum atomic E-state index is -0.896. The molecule has 0 saturated heterocycles. The average molecular weight is 253 g/mol. The summed E-state index contributed by atoms with van der Waals surface area (Å²) in [6.07, 6.45) is 3.85. The lowest BCUT2D eigenvalue weighted by atomic mass is 9.78. The second-order valence-corrected chi connectivity index (χ2v) is 5.02. The van der Waals surface area contributed by atoms with Crippen molar-refractivity contribution in [2.75, 3.05) is 0 Å². The number of hydrogen-bond acceptors (Lipinski definition) is 2. The number of nitrogens with two attached hydrogens (primary N) is 1. The first-order valence-electron chi connectivity index (χ1n) is 6.28. The molecular weight excluding hydrogens is 236 g/mol. The first-order valence-corrected chi connectivity index (χ1v) is 6.28. The molecule has 2 rings (SSSR count). The molecule has 2 nitrogen and oxygen atoms in total. The largest absolute Gasteiger partial charge is 0.319 e. The van der Waals surface area contributed by atoms with Gasteiger partial charge in [0.05, 0.1) is 5.54 Å². The lowest BCUT2D eigenvalue weighted by Gasteiger charge is -2.31. The van der Waals surface area contributed by atoms with Crippen molar-refractivity contribution in [1.82, 2.24) is 0 Å². The number of hydrogen-bond donors (Lipinski definition) is 1. The molecule has 0 radical (unpaired) electrons. The van der Waals surface area contributed by atoms with E-state index in [1.54, 1.807) is 0 Å². The number of Topliss-reactive ketones (excluding diaryl/α,β-unsaturated/α-hetero) is 1. The van der Waals surface area contributed by atoms with Crippen molar-refractivity contribution in [3.8, 4) is 0 Å². The van der Waals surface area contributed by atoms with E-state index in [4.69, 9.17) is 5.73 Å². The van der Waals surface area contributed by atoms with Crippen LogP contribution in [0.2, 0.25) is 0 Å². The molecule has 0 bridgehead atoms. The smallest absolute Gasteiger partial charge is 0.157 e. The molecule has 0 spiro atoms. The molecule has 1 aromatic rings. The van der Waals surface area contributed by atoms with Crippen molar-refractivity contribution in [3.05, 3.63) is 35.4 Å². The van der Waals surface area contributed by atoms with Crippen LogP contribution < -0.4 is 5.73 Å². The molecule has 1 saturated carbocycles. The lowest BCUT2D eigenvalue weighted by Crippen LogP contribution is -2.50. The van der Waals surface area contributed by atoms with Gasteiger partial charge >= 0.3 is 0 Å². The predicted octanol–water partition coefficient (Wildman–Crippen LogP) is 2.74. The summed E-state index contributed by atoms with van der Waals surface area (Å²) in [7, 11) is 0. The summed E-state index contributed by atoms with van der Waals surface area (Å²) >= 11 is 0. The van der Waals surface area contributed by atoms with E-state index in [0.29, 0.717) is 12.8 Å². The van der Waals surface area contributed by atoms with Crippen LogP contribution in [-0.2, 0) is 11.2 Å². The Morgan fingerprint density at radius 1 is 1.17 bits per heavy atom. The molecule has 1 aromatic carbocycles. The monoisotopic (exact) mass is 253 g/mol. The maximum atomic E-state index is 13.5. The second kappa shape index (κ2) is 5.14. The Bertz CT molecular complexity index is 433. The van der Waals surface area contributed by atoms with Gasteiger partial charge in [0.25, 0.3) is 0 Å². The Kier molecular flexibility index (Phi) is 3.76. The minimum Gasteiger partial charge on any atom is -0.319 e. The standard InChI is InChI=1S/C14H17F2NO/c15-11-5-4-6-12(16)10(11)9-13(18)14(17)7-2-1-3-8-14/h4-6H,1-3,7-9,17H2. The maximum absolute atomic E-state index is 13.5. The van der Waals surface area contributed by atoms with E-state index >= 15 is 0 Å². The fourth-order valence-electron chi connectivity index (χ4n) is 2.50. The van der Waals surface area contributed by atoms with Crippen molar-refractivity contribution in [2.45, 2.75) is 44.1 Å². The topological polar surface area (TPSA) is 43.1 Å². The van der Waals surface area contributed by atoms with Gasteiger partial charge in [-0.2, -0.15) is 0 Å². The zero-order valence-electron chi connectivity index (χ0n) is 10.2. The molecule has 0 aromatic heterocycles. The van der Waals surface area contributed by atoms with Crippen molar-refractivity contribution in [2.24, 2.45) is 5.73 Å². The van der Waals surface area contributed by atoms with Gasteiger partial charge in [-0.05, 0) is 25.0 Å². The quantitative estimate of drug-likeness (QED) is 0.900. The van der Waals surface area contributed by atoms with Crippen molar-refractivity contribution < 1.29 is 13.6 Å². The van der Waals surface area contributed by atoms with E-state index in [2.05, 4.69) is 0 Å². The number of rotatable bonds is 3. The van der Waals surface area contributed by atoms with Gasteiger partial charge in [0, 0.05) is 12.0 Å². The highest BCUT2D eigenvalue weighted by atomic mass is 19.1. The maximum Gasteiger partial charge on any atom is 0.157 e. The van der Waals surface area contributed by atoms with E-state index in [1.807, 2.05) is 0 Å². The van der Waals surface area contributed by atoms with Crippen LogP contribution >= 0.6 is 0 Å². The number of benzene rings is 1. The van der Waals surface area contributed by atoms with Crippen LogP contribution in [0.25, 0.3) is 0 Å². The summed E-state index contributed by atoms with van der Waals surface area (Å²) < 4.78 is 26.9. The molecule has 0 atom stereocenters. The van der Waals surface area contributed by atoms with Crippen LogP contribution in [0.5, 0.6) is 0 Å². The van der Waals surface area contributed by atoms with Gasteiger partial charge in [-0.15, -0.1) is 0 Å². The first-order chi connectivity index (χ1) is 8.53. The van der Waals surface area contributed by atoms with E-state index in [1.165, 1.54) is 6.07 Å². The van der Waals surface area contributed by atoms with Crippen LogP contribution in [0.4, 0.5) is 8.78 Å². The van der Waals surface area contributed by atoms with Gasteiger partial charge < -0.3 is 5.73 Å². The van der Waals surface area contributed by atoms with Gasteiger partial charge in [0.15, 0.2) is 5.78 Å². The molecular formula is C14H17F2NO. The molecule has 4 heteroatoms. The van der Waals surface area contributed by atoms with Gasteiger partial charge in [0.2, 0.25) is 0 Å². The third-order valence-corrected chi connectivity index (χ3v) is 3.70. The average Bonchev–Trinajstić information content (AvgIpc) is 2.34. The summed E-state index contributed by atoms with van der Waals surface area (Å²) in [5.41, 5.74) is 4.99. The fraction of sp³-hybridized carbons (Fsp3) is 0.500. The van der Waals surface area contributed by atoms with Gasteiger partial charge in [-0.25, -0.2) is 8.78 Å². The van der Waals surface area contributed by atoms with Crippen molar-refractivity contribution in [3.63, 3.8) is 0 Å². The highest BCUT2D eigenvalue weighted by Crippen LogP contribution is 2.28. The van der Waals surface area contributed by atoms with Crippen LogP contribution in [0.15, 0.2) is 18.2 Å². The third-order valence-electron chi connectivity index (χ3n) is 3.70. The Balaban J connectivity index is 2.16. The molecule has 1 aliphatic rings.